The van der Waals surface area contributed by atoms with Gasteiger partial charge in [-0.2, -0.15) is 0 Å². The maximum atomic E-state index is 13.7. The Balaban J connectivity index is 1.91. The predicted octanol–water partition coefficient (Wildman–Crippen LogP) is 2.97. The lowest BCUT2D eigenvalue weighted by atomic mass is 9.68. The molecule has 5 heteroatoms. The second kappa shape index (κ2) is 8.30. The third-order valence-electron chi connectivity index (χ3n) is 6.12. The summed E-state index contributed by atoms with van der Waals surface area (Å²) in [6.45, 7) is 2.72. The predicted molar refractivity (Wildman–Crippen MR) is 103 cm³/mol. The molecule has 1 saturated heterocycles. The smallest absolute Gasteiger partial charge is 0.233 e. The lowest BCUT2D eigenvalue weighted by Gasteiger charge is -2.39. The van der Waals surface area contributed by atoms with Crippen molar-refractivity contribution in [3.05, 3.63) is 23.8 Å². The maximum Gasteiger partial charge on any atom is 0.233 e. The first kappa shape index (κ1) is 19.0. The van der Waals surface area contributed by atoms with Crippen LogP contribution in [0, 0.1) is 5.92 Å². The van der Waals surface area contributed by atoms with Gasteiger partial charge in [0.05, 0.1) is 19.6 Å². The summed E-state index contributed by atoms with van der Waals surface area (Å²) in [4.78, 5) is 15.8. The van der Waals surface area contributed by atoms with E-state index in [1.54, 1.807) is 14.2 Å². The van der Waals surface area contributed by atoms with Crippen molar-refractivity contribution < 1.29 is 14.3 Å². The van der Waals surface area contributed by atoms with Gasteiger partial charge in [0.15, 0.2) is 11.5 Å². The van der Waals surface area contributed by atoms with Gasteiger partial charge in [-0.15, -0.1) is 0 Å². The zero-order valence-electron chi connectivity index (χ0n) is 16.3. The Morgan fingerprint density at radius 2 is 1.92 bits per heavy atom. The number of carbonyl (C=O) groups excluding carboxylic acids is 1. The van der Waals surface area contributed by atoms with Gasteiger partial charge < -0.3 is 19.7 Å². The summed E-state index contributed by atoms with van der Waals surface area (Å²) in [5.74, 6) is 2.29. The van der Waals surface area contributed by atoms with Crippen molar-refractivity contribution in [1.29, 1.82) is 0 Å². The highest BCUT2D eigenvalue weighted by Gasteiger charge is 2.45. The van der Waals surface area contributed by atoms with E-state index in [0.29, 0.717) is 23.3 Å². The van der Waals surface area contributed by atoms with E-state index in [4.69, 9.17) is 9.47 Å². The van der Waals surface area contributed by atoms with Gasteiger partial charge in [0.25, 0.3) is 0 Å². The van der Waals surface area contributed by atoms with Crippen LogP contribution >= 0.6 is 0 Å². The average molecular weight is 360 g/mol. The molecule has 1 aliphatic heterocycles. The molecule has 1 aliphatic carbocycles. The molecule has 3 rings (SSSR count). The minimum atomic E-state index is -0.410. The largest absolute Gasteiger partial charge is 0.493 e. The van der Waals surface area contributed by atoms with Crippen molar-refractivity contribution in [1.82, 2.24) is 10.2 Å². The lowest BCUT2D eigenvalue weighted by Crippen LogP contribution is -2.47. The van der Waals surface area contributed by atoms with Crippen LogP contribution in [0.4, 0.5) is 0 Å². The standard InChI is InChI=1S/C21H32N2O3/c1-22-14-16-9-12-23(15-16)20(24)21(10-5-4-6-11-21)17-7-8-18(25-2)19(13-17)26-3/h7-8,13,16,22H,4-6,9-12,14-15H2,1-3H3. The van der Waals surface area contributed by atoms with Gasteiger partial charge in [-0.3, -0.25) is 4.79 Å². The minimum Gasteiger partial charge on any atom is -0.493 e. The summed E-state index contributed by atoms with van der Waals surface area (Å²) in [7, 11) is 5.28. The average Bonchev–Trinajstić information content (AvgIpc) is 3.16. The van der Waals surface area contributed by atoms with Gasteiger partial charge in [0.1, 0.15) is 0 Å². The van der Waals surface area contributed by atoms with E-state index in [1.807, 2.05) is 19.2 Å². The van der Waals surface area contributed by atoms with Crippen LogP contribution in [0.1, 0.15) is 44.1 Å². The van der Waals surface area contributed by atoms with Crippen LogP contribution in [0.25, 0.3) is 0 Å². The Kier molecular flexibility index (Phi) is 6.07. The van der Waals surface area contributed by atoms with Crippen LogP contribution in [0.5, 0.6) is 11.5 Å². The van der Waals surface area contributed by atoms with Gasteiger partial charge in [-0.25, -0.2) is 0 Å². The van der Waals surface area contributed by atoms with E-state index in [0.717, 1.165) is 57.3 Å². The fraction of sp³-hybridized carbons (Fsp3) is 0.667. The monoisotopic (exact) mass is 360 g/mol. The molecule has 2 fully saturated rings. The SMILES string of the molecule is CNCC1CCN(C(=O)C2(c3ccc(OC)c(OC)c3)CCCCC2)C1. The molecular weight excluding hydrogens is 328 g/mol. The summed E-state index contributed by atoms with van der Waals surface area (Å²) in [5, 5.41) is 3.25. The van der Waals surface area contributed by atoms with Crippen LogP contribution in [0.15, 0.2) is 18.2 Å². The number of amides is 1. The molecule has 1 aromatic rings. The van der Waals surface area contributed by atoms with E-state index < -0.39 is 5.41 Å². The zero-order valence-corrected chi connectivity index (χ0v) is 16.3. The number of benzene rings is 1. The van der Waals surface area contributed by atoms with E-state index in [1.165, 1.54) is 6.42 Å². The summed E-state index contributed by atoms with van der Waals surface area (Å²) in [6.07, 6.45) is 6.37. The third kappa shape index (κ3) is 3.54. The molecule has 0 bridgehead atoms. The molecule has 144 valence electrons. The number of hydrogen-bond acceptors (Lipinski definition) is 4. The van der Waals surface area contributed by atoms with Crippen LogP contribution < -0.4 is 14.8 Å². The number of ether oxygens (including phenoxy) is 2. The van der Waals surface area contributed by atoms with Gasteiger partial charge in [-0.05, 0) is 56.5 Å². The molecule has 0 aromatic heterocycles. The van der Waals surface area contributed by atoms with E-state index >= 15 is 0 Å². The number of methoxy groups -OCH3 is 2. The first-order valence-corrected chi connectivity index (χ1v) is 9.81. The molecule has 0 radical (unpaired) electrons. The number of hydrogen-bond donors (Lipinski definition) is 1. The Hall–Kier alpha value is -1.75. The second-order valence-electron chi connectivity index (χ2n) is 7.68. The van der Waals surface area contributed by atoms with Gasteiger partial charge >= 0.3 is 0 Å². The summed E-state index contributed by atoms with van der Waals surface area (Å²) < 4.78 is 10.9. The molecule has 1 unspecified atom stereocenters. The minimum absolute atomic E-state index is 0.308. The van der Waals surface area contributed by atoms with Crippen molar-refractivity contribution >= 4 is 5.91 Å². The summed E-state index contributed by atoms with van der Waals surface area (Å²) in [6, 6.07) is 6.01. The van der Waals surface area contributed by atoms with Crippen LogP contribution in [-0.4, -0.2) is 51.7 Å². The van der Waals surface area contributed by atoms with Gasteiger partial charge in [-0.1, -0.05) is 25.3 Å². The lowest BCUT2D eigenvalue weighted by molar-refractivity contribution is -0.138. The van der Waals surface area contributed by atoms with Crippen molar-refractivity contribution in [3.63, 3.8) is 0 Å². The third-order valence-corrected chi connectivity index (χ3v) is 6.12. The second-order valence-corrected chi connectivity index (χ2v) is 7.68. The first-order valence-electron chi connectivity index (χ1n) is 9.81. The van der Waals surface area contributed by atoms with Crippen LogP contribution in [0.2, 0.25) is 0 Å². The van der Waals surface area contributed by atoms with E-state index in [-0.39, 0.29) is 0 Å². The number of rotatable bonds is 6. The molecular formula is C21H32N2O3. The molecule has 26 heavy (non-hydrogen) atoms. The fourth-order valence-electron chi connectivity index (χ4n) is 4.69. The number of carbonyl (C=O) groups is 1. The Labute approximate surface area is 157 Å². The molecule has 1 atom stereocenters. The number of nitrogens with one attached hydrogen (secondary N) is 1. The molecule has 1 aromatic carbocycles. The van der Waals surface area contributed by atoms with Crippen LogP contribution in [0.3, 0.4) is 0 Å². The van der Waals surface area contributed by atoms with E-state index in [2.05, 4.69) is 16.3 Å². The molecule has 1 amide bonds. The van der Waals surface area contributed by atoms with Crippen molar-refractivity contribution in [2.45, 2.75) is 43.9 Å². The van der Waals surface area contributed by atoms with Crippen molar-refractivity contribution in [3.8, 4) is 11.5 Å². The molecule has 1 heterocycles. The Bertz CT molecular complexity index is 626. The summed E-state index contributed by atoms with van der Waals surface area (Å²) >= 11 is 0. The topological polar surface area (TPSA) is 50.8 Å². The van der Waals surface area contributed by atoms with Gasteiger partial charge in [0, 0.05) is 13.1 Å². The van der Waals surface area contributed by atoms with Crippen molar-refractivity contribution in [2.24, 2.45) is 5.92 Å². The first-order chi connectivity index (χ1) is 12.6. The number of nitrogens with zero attached hydrogens (tertiary/aromatic N) is 1. The number of likely N-dealkylation sites (tertiary alicyclic amines) is 1. The molecule has 5 nitrogen and oxygen atoms in total. The Morgan fingerprint density at radius 1 is 1.19 bits per heavy atom. The molecule has 1 saturated carbocycles. The fourth-order valence-corrected chi connectivity index (χ4v) is 4.69. The van der Waals surface area contributed by atoms with Gasteiger partial charge in [0.2, 0.25) is 5.91 Å². The normalized spacial score (nSPS) is 22.3. The zero-order chi connectivity index (χ0) is 18.6. The quantitative estimate of drug-likeness (QED) is 0.847. The van der Waals surface area contributed by atoms with E-state index in [9.17, 15) is 4.79 Å². The highest BCUT2D eigenvalue weighted by Crippen LogP contribution is 2.44. The van der Waals surface area contributed by atoms with Crippen LogP contribution in [-0.2, 0) is 10.2 Å². The van der Waals surface area contributed by atoms with Crippen molar-refractivity contribution in [2.75, 3.05) is 40.9 Å². The maximum absolute atomic E-state index is 13.7. The highest BCUT2D eigenvalue weighted by atomic mass is 16.5. The highest BCUT2D eigenvalue weighted by molar-refractivity contribution is 5.89. The molecule has 2 aliphatic rings. The summed E-state index contributed by atoms with van der Waals surface area (Å²) in [5.41, 5.74) is 0.670. The molecule has 0 spiro atoms. The molecule has 1 N–H and O–H groups in total. The Morgan fingerprint density at radius 3 is 2.58 bits per heavy atom.